The van der Waals surface area contributed by atoms with Crippen molar-refractivity contribution in [3.05, 3.63) is 29.8 Å². The maximum absolute atomic E-state index is 12.9. The SMILES string of the molecule is CC(C)(C)NC(C(=O)C(C)(C)C)c1ccc(OC(C)(C)C)cc1. The lowest BCUT2D eigenvalue weighted by atomic mass is 9.83. The summed E-state index contributed by atoms with van der Waals surface area (Å²) >= 11 is 0. The number of rotatable bonds is 4. The van der Waals surface area contributed by atoms with E-state index in [2.05, 4.69) is 26.1 Å². The topological polar surface area (TPSA) is 38.3 Å². The Balaban J connectivity index is 3.10. The average Bonchev–Trinajstić information content (AvgIpc) is 2.32. The lowest BCUT2D eigenvalue weighted by Gasteiger charge is -2.32. The van der Waals surface area contributed by atoms with Crippen molar-refractivity contribution in [1.29, 1.82) is 0 Å². The molecule has 0 heterocycles. The minimum absolute atomic E-state index is 0.147. The van der Waals surface area contributed by atoms with Crippen LogP contribution in [0.25, 0.3) is 0 Å². The van der Waals surface area contributed by atoms with Crippen LogP contribution in [0.15, 0.2) is 24.3 Å². The molecule has 130 valence electrons. The van der Waals surface area contributed by atoms with Crippen LogP contribution >= 0.6 is 0 Å². The minimum atomic E-state index is -0.399. The van der Waals surface area contributed by atoms with Gasteiger partial charge in [0.1, 0.15) is 11.4 Å². The highest BCUT2D eigenvalue weighted by Crippen LogP contribution is 2.29. The maximum atomic E-state index is 12.9. The van der Waals surface area contributed by atoms with Crippen molar-refractivity contribution in [1.82, 2.24) is 5.32 Å². The molecule has 1 aromatic carbocycles. The summed E-state index contributed by atoms with van der Waals surface area (Å²) < 4.78 is 5.86. The molecule has 0 radical (unpaired) electrons. The van der Waals surface area contributed by atoms with Gasteiger partial charge in [0.15, 0.2) is 5.78 Å². The maximum Gasteiger partial charge on any atom is 0.159 e. The molecule has 0 saturated heterocycles. The van der Waals surface area contributed by atoms with E-state index in [0.717, 1.165) is 11.3 Å². The molecule has 0 fully saturated rings. The van der Waals surface area contributed by atoms with Crippen molar-refractivity contribution in [2.24, 2.45) is 5.41 Å². The third-order valence-electron chi connectivity index (χ3n) is 3.22. The van der Waals surface area contributed by atoms with Crippen LogP contribution in [0.5, 0.6) is 5.75 Å². The first-order valence-corrected chi connectivity index (χ1v) is 8.30. The minimum Gasteiger partial charge on any atom is -0.488 e. The molecule has 0 saturated carbocycles. The third kappa shape index (κ3) is 6.74. The van der Waals surface area contributed by atoms with Crippen LogP contribution in [0, 0.1) is 5.41 Å². The molecule has 0 amide bonds. The van der Waals surface area contributed by atoms with E-state index in [4.69, 9.17) is 4.74 Å². The van der Waals surface area contributed by atoms with E-state index >= 15 is 0 Å². The van der Waals surface area contributed by atoms with Crippen molar-refractivity contribution in [2.75, 3.05) is 0 Å². The van der Waals surface area contributed by atoms with Gasteiger partial charge in [-0.15, -0.1) is 0 Å². The lowest BCUT2D eigenvalue weighted by Crippen LogP contribution is -2.45. The summed E-state index contributed by atoms with van der Waals surface area (Å²) in [4.78, 5) is 12.9. The van der Waals surface area contributed by atoms with Gasteiger partial charge in [-0.2, -0.15) is 0 Å². The number of hydrogen-bond donors (Lipinski definition) is 1. The van der Waals surface area contributed by atoms with Gasteiger partial charge in [0.05, 0.1) is 6.04 Å². The number of ether oxygens (including phenoxy) is 1. The number of ketones is 1. The second-order valence-corrected chi connectivity index (χ2v) is 9.23. The van der Waals surface area contributed by atoms with Gasteiger partial charge in [0, 0.05) is 11.0 Å². The van der Waals surface area contributed by atoms with Crippen LogP contribution in [0.1, 0.15) is 73.9 Å². The predicted molar refractivity (Wildman–Crippen MR) is 96.9 cm³/mol. The highest BCUT2D eigenvalue weighted by atomic mass is 16.5. The van der Waals surface area contributed by atoms with Crippen molar-refractivity contribution in [3.63, 3.8) is 0 Å². The van der Waals surface area contributed by atoms with E-state index in [1.165, 1.54) is 0 Å². The molecule has 0 spiro atoms. The van der Waals surface area contributed by atoms with Crippen molar-refractivity contribution in [2.45, 2.75) is 79.5 Å². The summed E-state index contributed by atoms with van der Waals surface area (Å²) in [5, 5.41) is 3.46. The standard InChI is InChI=1S/C20H33NO2/c1-18(2,3)17(22)16(21-19(4,5)6)14-10-12-15(13-11-14)23-20(7,8)9/h10-13,16,21H,1-9H3. The van der Waals surface area contributed by atoms with Crippen molar-refractivity contribution >= 4 is 5.78 Å². The fourth-order valence-electron chi connectivity index (χ4n) is 2.25. The Morgan fingerprint density at radius 1 is 0.913 bits per heavy atom. The van der Waals surface area contributed by atoms with Crippen LogP contribution in [0.3, 0.4) is 0 Å². The first-order chi connectivity index (χ1) is 10.2. The molecule has 3 heteroatoms. The summed E-state index contributed by atoms with van der Waals surface area (Å²) in [5.41, 5.74) is 0.197. The molecule has 0 bridgehead atoms. The molecule has 0 aliphatic carbocycles. The van der Waals surface area contributed by atoms with Crippen LogP contribution in [-0.2, 0) is 4.79 Å². The van der Waals surface area contributed by atoms with Gasteiger partial charge in [0.2, 0.25) is 0 Å². The highest BCUT2D eigenvalue weighted by molar-refractivity contribution is 5.89. The molecular formula is C20H33NO2. The molecule has 1 aromatic rings. The zero-order valence-corrected chi connectivity index (χ0v) is 16.2. The first kappa shape index (κ1) is 19.7. The Morgan fingerprint density at radius 2 is 1.39 bits per heavy atom. The lowest BCUT2D eigenvalue weighted by molar-refractivity contribution is -0.129. The van der Waals surface area contributed by atoms with Crippen molar-refractivity contribution < 1.29 is 9.53 Å². The van der Waals surface area contributed by atoms with Crippen molar-refractivity contribution in [3.8, 4) is 5.75 Å². The van der Waals surface area contributed by atoms with Gasteiger partial charge < -0.3 is 4.74 Å². The number of hydrogen-bond acceptors (Lipinski definition) is 3. The average molecular weight is 319 g/mol. The van der Waals surface area contributed by atoms with E-state index < -0.39 is 5.41 Å². The van der Waals surface area contributed by atoms with E-state index in [0.29, 0.717) is 0 Å². The first-order valence-electron chi connectivity index (χ1n) is 8.30. The number of carbonyl (C=O) groups is 1. The monoisotopic (exact) mass is 319 g/mol. The van der Waals surface area contributed by atoms with Gasteiger partial charge >= 0.3 is 0 Å². The molecule has 1 rings (SSSR count). The molecule has 0 aromatic heterocycles. The van der Waals surface area contributed by atoms with Gasteiger partial charge in [0.25, 0.3) is 0 Å². The van der Waals surface area contributed by atoms with E-state index in [1.807, 2.05) is 65.8 Å². The van der Waals surface area contributed by atoms with Crippen LogP contribution in [-0.4, -0.2) is 16.9 Å². The fourth-order valence-corrected chi connectivity index (χ4v) is 2.25. The fraction of sp³-hybridized carbons (Fsp3) is 0.650. The molecular weight excluding hydrogens is 286 g/mol. The molecule has 3 nitrogen and oxygen atoms in total. The number of Topliss-reactive ketones (excluding diaryl/α,β-unsaturated/α-hetero) is 1. The summed E-state index contributed by atoms with van der Waals surface area (Å²) in [6, 6.07) is 7.52. The van der Waals surface area contributed by atoms with E-state index in [1.54, 1.807) is 0 Å². The Bertz CT molecular complexity index is 525. The molecule has 23 heavy (non-hydrogen) atoms. The second kappa shape index (κ2) is 6.64. The summed E-state index contributed by atoms with van der Waals surface area (Å²) in [5.74, 6) is 1.01. The Labute approximate surface area is 141 Å². The van der Waals surface area contributed by atoms with Crippen LogP contribution < -0.4 is 10.1 Å². The van der Waals surface area contributed by atoms with Gasteiger partial charge in [-0.3, -0.25) is 10.1 Å². The Hall–Kier alpha value is -1.35. The summed E-state index contributed by atoms with van der Waals surface area (Å²) in [7, 11) is 0. The Kier molecular flexibility index (Phi) is 5.69. The normalized spacial score (nSPS) is 14.5. The Morgan fingerprint density at radius 3 is 1.74 bits per heavy atom. The quantitative estimate of drug-likeness (QED) is 0.857. The summed E-state index contributed by atoms with van der Waals surface area (Å²) in [6.07, 6.45) is 0. The molecule has 1 unspecified atom stereocenters. The van der Waals surface area contributed by atoms with E-state index in [9.17, 15) is 4.79 Å². The van der Waals surface area contributed by atoms with Gasteiger partial charge in [-0.25, -0.2) is 0 Å². The molecule has 1 N–H and O–H groups in total. The van der Waals surface area contributed by atoms with Crippen LogP contribution in [0.4, 0.5) is 0 Å². The number of carbonyl (C=O) groups excluding carboxylic acids is 1. The summed E-state index contributed by atoms with van der Waals surface area (Å²) in [6.45, 7) is 18.2. The highest BCUT2D eigenvalue weighted by Gasteiger charge is 2.33. The van der Waals surface area contributed by atoms with Gasteiger partial charge in [-0.05, 0) is 59.2 Å². The predicted octanol–water partition coefficient (Wildman–Crippen LogP) is 4.91. The largest absolute Gasteiger partial charge is 0.488 e. The molecule has 1 atom stereocenters. The number of benzene rings is 1. The second-order valence-electron chi connectivity index (χ2n) is 9.23. The third-order valence-corrected chi connectivity index (χ3v) is 3.22. The van der Waals surface area contributed by atoms with Gasteiger partial charge in [-0.1, -0.05) is 32.9 Å². The van der Waals surface area contributed by atoms with Crippen LogP contribution in [0.2, 0.25) is 0 Å². The van der Waals surface area contributed by atoms with E-state index in [-0.39, 0.29) is 23.0 Å². The molecule has 0 aliphatic rings. The number of nitrogens with one attached hydrogen (secondary N) is 1. The zero-order chi connectivity index (χ0) is 18.1. The smallest absolute Gasteiger partial charge is 0.159 e. The zero-order valence-electron chi connectivity index (χ0n) is 16.2. The molecule has 0 aliphatic heterocycles.